The maximum Gasteiger partial charge on any atom is 0.164 e. The van der Waals surface area contributed by atoms with Crippen LogP contribution in [0, 0.1) is 0 Å². The summed E-state index contributed by atoms with van der Waals surface area (Å²) in [7, 11) is 0. The van der Waals surface area contributed by atoms with Crippen molar-refractivity contribution in [2.24, 2.45) is 0 Å². The van der Waals surface area contributed by atoms with E-state index in [4.69, 9.17) is 15.0 Å². The molecule has 11 rings (SSSR count). The van der Waals surface area contributed by atoms with Gasteiger partial charge in [0.15, 0.2) is 17.5 Å². The standard InChI is InChI=1S/C51H31N3S/c1-2-12-32(13-3-1)38-16-8-9-20-44(38)51-53-49(52-50(54-51)37-27-28-42-41-19-10-11-21-46(41)55-47(42)31-37)35-24-22-34(23-25-35)48-40-18-7-5-15-36(40)30-45-39-17-6-4-14-33(39)26-29-43(45)48/h1-31H. The van der Waals surface area contributed by atoms with Gasteiger partial charge >= 0.3 is 0 Å². The van der Waals surface area contributed by atoms with Crippen LogP contribution in [0.2, 0.25) is 0 Å². The number of rotatable bonds is 5. The van der Waals surface area contributed by atoms with Gasteiger partial charge in [-0.2, -0.15) is 0 Å². The zero-order valence-electron chi connectivity index (χ0n) is 29.6. The first-order chi connectivity index (χ1) is 27.2. The lowest BCUT2D eigenvalue weighted by atomic mass is 9.89. The number of fused-ring (bicyclic) bond motifs is 7. The van der Waals surface area contributed by atoms with E-state index in [1.165, 1.54) is 58.1 Å². The van der Waals surface area contributed by atoms with E-state index < -0.39 is 0 Å². The molecule has 256 valence electrons. The molecule has 0 unspecified atom stereocenters. The Morgan fingerprint density at radius 2 is 0.873 bits per heavy atom. The van der Waals surface area contributed by atoms with Gasteiger partial charge in [-0.05, 0) is 72.8 Å². The molecule has 55 heavy (non-hydrogen) atoms. The third kappa shape index (κ3) is 5.38. The topological polar surface area (TPSA) is 38.7 Å². The molecule has 3 nitrogen and oxygen atoms in total. The second kappa shape index (κ2) is 12.8. The molecule has 2 heterocycles. The zero-order chi connectivity index (χ0) is 36.3. The Labute approximate surface area is 321 Å². The van der Waals surface area contributed by atoms with Gasteiger partial charge in [-0.15, -0.1) is 11.3 Å². The van der Waals surface area contributed by atoms with Crippen LogP contribution >= 0.6 is 11.3 Å². The average molecular weight is 718 g/mol. The van der Waals surface area contributed by atoms with Crippen molar-refractivity contribution in [3.05, 3.63) is 188 Å². The summed E-state index contributed by atoms with van der Waals surface area (Å²) >= 11 is 1.80. The van der Waals surface area contributed by atoms with Crippen molar-refractivity contribution in [3.8, 4) is 56.4 Å². The monoisotopic (exact) mass is 717 g/mol. The molecule has 0 aliphatic carbocycles. The van der Waals surface area contributed by atoms with Gasteiger partial charge in [0, 0.05) is 36.9 Å². The predicted molar refractivity (Wildman–Crippen MR) is 232 cm³/mol. The SMILES string of the molecule is c1ccc(-c2ccccc2-c2nc(-c3ccc(-c4c5ccccc5cc5c4ccc4ccccc45)cc3)nc(-c3ccc4c(c3)sc3ccccc34)n2)cc1. The molecule has 4 heteroatoms. The van der Waals surface area contributed by atoms with Gasteiger partial charge in [-0.1, -0.05) is 170 Å². The van der Waals surface area contributed by atoms with Gasteiger partial charge in [-0.25, -0.2) is 15.0 Å². The highest BCUT2D eigenvalue weighted by molar-refractivity contribution is 7.25. The van der Waals surface area contributed by atoms with Gasteiger partial charge < -0.3 is 0 Å². The predicted octanol–water partition coefficient (Wildman–Crippen LogP) is 14.0. The van der Waals surface area contributed by atoms with Crippen LogP contribution in [0.5, 0.6) is 0 Å². The molecular weight excluding hydrogens is 687 g/mol. The number of hydrogen-bond donors (Lipinski definition) is 0. The fraction of sp³-hybridized carbons (Fsp3) is 0. The fourth-order valence-electron chi connectivity index (χ4n) is 8.08. The van der Waals surface area contributed by atoms with Crippen LogP contribution in [-0.4, -0.2) is 15.0 Å². The molecule has 0 bridgehead atoms. The summed E-state index contributed by atoms with van der Waals surface area (Å²) in [4.78, 5) is 15.6. The summed E-state index contributed by atoms with van der Waals surface area (Å²) in [6, 6.07) is 66.9. The second-order valence-electron chi connectivity index (χ2n) is 14.0. The Balaban J connectivity index is 1.09. The maximum atomic E-state index is 5.20. The lowest BCUT2D eigenvalue weighted by Gasteiger charge is -2.15. The molecular formula is C51H31N3S. The molecule has 9 aromatic carbocycles. The minimum atomic E-state index is 0.639. The highest BCUT2D eigenvalue weighted by Gasteiger charge is 2.18. The van der Waals surface area contributed by atoms with Crippen molar-refractivity contribution in [2.45, 2.75) is 0 Å². The summed E-state index contributed by atoms with van der Waals surface area (Å²) in [5.74, 6) is 1.93. The number of thiophene rings is 1. The Morgan fingerprint density at radius 3 is 1.71 bits per heavy atom. The van der Waals surface area contributed by atoms with Crippen LogP contribution in [-0.2, 0) is 0 Å². The van der Waals surface area contributed by atoms with E-state index in [0.29, 0.717) is 17.5 Å². The summed E-state index contributed by atoms with van der Waals surface area (Å²) in [5, 5.41) is 9.99. The van der Waals surface area contributed by atoms with Crippen LogP contribution in [0.3, 0.4) is 0 Å². The van der Waals surface area contributed by atoms with Crippen molar-refractivity contribution < 1.29 is 0 Å². The van der Waals surface area contributed by atoms with Crippen LogP contribution in [0.1, 0.15) is 0 Å². The van der Waals surface area contributed by atoms with Gasteiger partial charge in [0.2, 0.25) is 0 Å². The number of aromatic nitrogens is 3. The van der Waals surface area contributed by atoms with E-state index in [9.17, 15) is 0 Å². The molecule has 0 atom stereocenters. The summed E-state index contributed by atoms with van der Waals surface area (Å²) in [6.45, 7) is 0. The summed E-state index contributed by atoms with van der Waals surface area (Å²) < 4.78 is 2.49. The van der Waals surface area contributed by atoms with Gasteiger partial charge in [0.1, 0.15) is 0 Å². The second-order valence-corrected chi connectivity index (χ2v) is 15.0. The molecule has 0 saturated heterocycles. The Kier molecular flexibility index (Phi) is 7.35. The molecule has 11 aromatic rings. The third-order valence-corrected chi connectivity index (χ3v) is 11.9. The highest BCUT2D eigenvalue weighted by atomic mass is 32.1. The van der Waals surface area contributed by atoms with Crippen LogP contribution in [0.4, 0.5) is 0 Å². The van der Waals surface area contributed by atoms with Crippen LogP contribution in [0.25, 0.3) is 109 Å². The van der Waals surface area contributed by atoms with Crippen molar-refractivity contribution in [2.75, 3.05) is 0 Å². The quantitative estimate of drug-likeness (QED) is 0.131. The average Bonchev–Trinajstić information content (AvgIpc) is 3.64. The number of benzene rings is 9. The lowest BCUT2D eigenvalue weighted by molar-refractivity contribution is 1.07. The normalized spacial score (nSPS) is 11.6. The lowest BCUT2D eigenvalue weighted by Crippen LogP contribution is -2.01. The van der Waals surface area contributed by atoms with Crippen LogP contribution in [0.15, 0.2) is 188 Å². The number of nitrogens with zero attached hydrogens (tertiary/aromatic N) is 3. The number of hydrogen-bond acceptors (Lipinski definition) is 4. The fourth-order valence-corrected chi connectivity index (χ4v) is 9.23. The molecule has 0 fully saturated rings. The van der Waals surface area contributed by atoms with Crippen molar-refractivity contribution in [1.82, 2.24) is 15.0 Å². The van der Waals surface area contributed by atoms with Gasteiger partial charge in [-0.3, -0.25) is 0 Å². The first kappa shape index (κ1) is 31.5. The zero-order valence-corrected chi connectivity index (χ0v) is 30.5. The van der Waals surface area contributed by atoms with Crippen molar-refractivity contribution >= 4 is 63.8 Å². The third-order valence-electron chi connectivity index (χ3n) is 10.7. The van der Waals surface area contributed by atoms with E-state index in [0.717, 1.165) is 33.4 Å². The largest absolute Gasteiger partial charge is 0.208 e. The maximum absolute atomic E-state index is 5.20. The molecule has 0 amide bonds. The molecule has 2 aromatic heterocycles. The Morgan fingerprint density at radius 1 is 0.291 bits per heavy atom. The molecule has 0 aliphatic rings. The Bertz CT molecular complexity index is 3260. The van der Waals surface area contributed by atoms with Crippen LogP contribution < -0.4 is 0 Å². The van der Waals surface area contributed by atoms with E-state index >= 15 is 0 Å². The molecule has 0 N–H and O–H groups in total. The molecule has 0 aliphatic heterocycles. The molecule has 0 saturated carbocycles. The molecule has 0 spiro atoms. The van der Waals surface area contributed by atoms with Crippen molar-refractivity contribution in [1.29, 1.82) is 0 Å². The van der Waals surface area contributed by atoms with Crippen molar-refractivity contribution in [3.63, 3.8) is 0 Å². The van der Waals surface area contributed by atoms with E-state index in [1.807, 2.05) is 6.07 Å². The van der Waals surface area contributed by atoms with E-state index in [-0.39, 0.29) is 0 Å². The minimum absolute atomic E-state index is 0.639. The van der Waals surface area contributed by atoms with Gasteiger partial charge in [0.05, 0.1) is 0 Å². The highest BCUT2D eigenvalue weighted by Crippen LogP contribution is 2.41. The van der Waals surface area contributed by atoms with E-state index in [2.05, 4.69) is 182 Å². The Hall–Kier alpha value is -7.01. The first-order valence-electron chi connectivity index (χ1n) is 18.5. The van der Waals surface area contributed by atoms with Gasteiger partial charge in [0.25, 0.3) is 0 Å². The minimum Gasteiger partial charge on any atom is -0.208 e. The first-order valence-corrected chi connectivity index (χ1v) is 19.3. The summed E-state index contributed by atoms with van der Waals surface area (Å²) in [5.41, 5.74) is 7.45. The molecule has 0 radical (unpaired) electrons. The summed E-state index contributed by atoms with van der Waals surface area (Å²) in [6.07, 6.45) is 0. The smallest absolute Gasteiger partial charge is 0.164 e. The van der Waals surface area contributed by atoms with E-state index in [1.54, 1.807) is 11.3 Å².